The highest BCUT2D eigenvalue weighted by molar-refractivity contribution is 7.26. The van der Waals surface area contributed by atoms with E-state index in [1.807, 2.05) is 34.0 Å². The lowest BCUT2D eigenvalue weighted by Gasteiger charge is -2.30. The first-order valence-electron chi connectivity index (χ1n) is 48.8. The highest BCUT2D eigenvalue weighted by atomic mass is 32.1. The van der Waals surface area contributed by atoms with E-state index in [1.165, 1.54) is 194 Å². The van der Waals surface area contributed by atoms with Crippen molar-refractivity contribution >= 4 is 146 Å². The van der Waals surface area contributed by atoms with Gasteiger partial charge in [-0.3, -0.25) is 0 Å². The SMILES string of the molecule is CC1(C)c2ccccc2-c2ccc(N(c3ccc(-c4ccccc4)cc3)c3ccc(-c4ccc5sc6ccccc6c5c4)cc3)cc21.CC1(C)c2ccccc2-c2ccc(N(c3ccc(-c4ccccc4)cc3)c3cccc(-c4ccc5sc6ccccc6c5c4)c3)cc21.CC1(C)c2ccccc2-c2ccc(N(c3ccc(-c4ccccc4)cc3)c3ccccc3-c3ccc4sc5ccccc5c4c3)cc21. The molecule has 21 aromatic carbocycles. The molecule has 0 saturated carbocycles. The smallest absolute Gasteiger partial charge is 0.0540 e. The summed E-state index contributed by atoms with van der Waals surface area (Å²) in [4.78, 5) is 7.25. The Hall–Kier alpha value is -16.3. The van der Waals surface area contributed by atoms with Gasteiger partial charge < -0.3 is 14.7 Å². The van der Waals surface area contributed by atoms with Crippen molar-refractivity contribution in [2.45, 2.75) is 57.8 Å². The molecule has 3 aromatic heterocycles. The van der Waals surface area contributed by atoms with Crippen LogP contribution in [0.3, 0.4) is 0 Å². The van der Waals surface area contributed by atoms with Gasteiger partial charge in [0.25, 0.3) is 0 Å². The Morgan fingerprint density at radius 1 is 0.142 bits per heavy atom. The minimum absolute atomic E-state index is 0.0703. The van der Waals surface area contributed by atoms with Crippen LogP contribution in [0.1, 0.15) is 74.9 Å². The standard InChI is InChI=1S/3C45H33NS/c1-45(2)40-17-9-6-15-36(40)37-26-25-34(29-41(37)45)46(33-23-20-31(21-24-33)30-12-4-3-5-13-30)42-18-10-7-14-35(42)32-22-27-44-39(28-32)38-16-8-11-19-43(38)47-44;1-45(2)41-17-8-6-15-37(41)38-25-24-36(29-42(38)45)46(34-22-19-31(20-23-34)30-11-4-3-5-12-30)35-14-10-13-32(27-35)33-21-26-44-40(28-33)39-16-7-9-18-43(39)47-44;1-45(2)41-14-8-6-12-37(41)38-26-25-36(29-42(38)45)46(34-21-16-31(17-22-34)30-10-4-3-5-11-30)35-23-18-32(19-24-35)33-20-27-44-40(28-33)39-13-7-9-15-43(39)47-44/h3*3-29H,1-2H3. The summed E-state index contributed by atoms with van der Waals surface area (Å²) in [6, 6.07) is 180. The summed E-state index contributed by atoms with van der Waals surface area (Å²) in [5.74, 6) is 0. The summed E-state index contributed by atoms with van der Waals surface area (Å²) < 4.78 is 7.98. The van der Waals surface area contributed by atoms with Crippen molar-refractivity contribution in [3.63, 3.8) is 0 Å². The maximum absolute atomic E-state index is 2.44. The van der Waals surface area contributed by atoms with Gasteiger partial charge in [0.2, 0.25) is 0 Å². The Morgan fingerprint density at radius 2 is 0.383 bits per heavy atom. The Labute approximate surface area is 836 Å². The molecule has 3 aliphatic carbocycles. The van der Waals surface area contributed by atoms with Crippen molar-refractivity contribution in [3.8, 4) is 100 Å². The zero-order valence-corrected chi connectivity index (χ0v) is 81.8. The number of hydrogen-bond acceptors (Lipinski definition) is 6. The largest absolute Gasteiger partial charge is 0.310 e. The first kappa shape index (κ1) is 86.3. The van der Waals surface area contributed by atoms with Crippen LogP contribution in [0.25, 0.3) is 161 Å². The fraction of sp³-hybridized carbons (Fsp3) is 0.0667. The molecule has 0 fully saturated rings. The van der Waals surface area contributed by atoms with Gasteiger partial charge in [-0.1, -0.05) is 375 Å². The van der Waals surface area contributed by atoms with Crippen molar-refractivity contribution in [3.05, 3.63) is 525 Å². The number of rotatable bonds is 15. The molecule has 0 saturated heterocycles. The molecule has 141 heavy (non-hydrogen) atoms. The number of para-hydroxylation sites is 1. The average Bonchev–Trinajstić information content (AvgIpc) is 1.59. The first-order chi connectivity index (χ1) is 69.1. The molecule has 0 amide bonds. The highest BCUT2D eigenvalue weighted by Gasteiger charge is 2.40. The molecule has 0 spiro atoms. The Balaban J connectivity index is 0.000000111. The lowest BCUT2D eigenvalue weighted by atomic mass is 9.82. The number of nitrogens with zero attached hydrogens (tertiary/aromatic N) is 3. The second kappa shape index (κ2) is 35.3. The first-order valence-corrected chi connectivity index (χ1v) is 51.2. The van der Waals surface area contributed by atoms with Crippen molar-refractivity contribution in [2.24, 2.45) is 0 Å². The second-order valence-electron chi connectivity index (χ2n) is 39.0. The number of anilines is 9. The van der Waals surface area contributed by atoms with Crippen LogP contribution in [-0.2, 0) is 16.2 Å². The van der Waals surface area contributed by atoms with Crippen molar-refractivity contribution in [1.82, 2.24) is 0 Å². The van der Waals surface area contributed by atoms with Gasteiger partial charge in [-0.05, 0) is 286 Å². The highest BCUT2D eigenvalue weighted by Crippen LogP contribution is 2.57. The third-order valence-corrected chi connectivity index (χ3v) is 33.1. The molecule has 0 bridgehead atoms. The fourth-order valence-corrected chi connectivity index (χ4v) is 25.6. The average molecular weight is 1860 g/mol. The van der Waals surface area contributed by atoms with E-state index in [0.29, 0.717) is 0 Å². The lowest BCUT2D eigenvalue weighted by Crippen LogP contribution is -2.16. The molecule has 3 nitrogen and oxygen atoms in total. The molecule has 0 N–H and O–H groups in total. The monoisotopic (exact) mass is 1860 g/mol. The molecule has 0 unspecified atom stereocenters. The van der Waals surface area contributed by atoms with Gasteiger partial charge in [0.15, 0.2) is 0 Å². The minimum atomic E-state index is -0.0880. The number of benzene rings is 21. The van der Waals surface area contributed by atoms with E-state index in [-0.39, 0.29) is 16.2 Å². The molecule has 3 aliphatic rings. The van der Waals surface area contributed by atoms with Crippen LogP contribution in [0, 0.1) is 0 Å². The van der Waals surface area contributed by atoms with E-state index in [1.54, 1.807) is 0 Å². The predicted molar refractivity (Wildman–Crippen MR) is 607 cm³/mol. The topological polar surface area (TPSA) is 9.72 Å². The second-order valence-corrected chi connectivity index (χ2v) is 42.2. The van der Waals surface area contributed by atoms with Gasteiger partial charge in [0.1, 0.15) is 0 Å². The van der Waals surface area contributed by atoms with Gasteiger partial charge in [0, 0.05) is 128 Å². The Morgan fingerprint density at radius 3 is 0.773 bits per heavy atom. The zero-order valence-electron chi connectivity index (χ0n) is 79.3. The Kier molecular flexibility index (Phi) is 21.6. The molecule has 3 heterocycles. The summed E-state index contributed by atoms with van der Waals surface area (Å²) in [5, 5.41) is 7.94. The number of hydrogen-bond donors (Lipinski definition) is 0. The van der Waals surface area contributed by atoms with Crippen LogP contribution >= 0.6 is 34.0 Å². The molecule has 0 radical (unpaired) electrons. The quantitative estimate of drug-likeness (QED) is 0.101. The molecule has 27 rings (SSSR count). The summed E-state index contributed by atoms with van der Waals surface area (Å²) in [6.45, 7) is 14.1. The molecule has 24 aromatic rings. The number of thiophene rings is 3. The Bertz CT molecular complexity index is 8930. The van der Waals surface area contributed by atoms with Crippen LogP contribution in [-0.4, -0.2) is 0 Å². The molecular weight excluding hydrogens is 1760 g/mol. The van der Waals surface area contributed by atoms with Crippen LogP contribution in [0.5, 0.6) is 0 Å². The minimum Gasteiger partial charge on any atom is -0.310 e. The van der Waals surface area contributed by atoms with Crippen molar-refractivity contribution < 1.29 is 0 Å². The molecule has 0 aliphatic heterocycles. The maximum atomic E-state index is 2.44. The van der Waals surface area contributed by atoms with E-state index in [2.05, 4.69) is 548 Å². The van der Waals surface area contributed by atoms with E-state index < -0.39 is 0 Å². The molecule has 6 heteroatoms. The fourth-order valence-electron chi connectivity index (χ4n) is 22.4. The maximum Gasteiger partial charge on any atom is 0.0540 e. The van der Waals surface area contributed by atoms with Gasteiger partial charge in [-0.25, -0.2) is 0 Å². The van der Waals surface area contributed by atoms with Crippen LogP contribution in [0.15, 0.2) is 491 Å². The van der Waals surface area contributed by atoms with Gasteiger partial charge in [-0.2, -0.15) is 0 Å². The van der Waals surface area contributed by atoms with Crippen LogP contribution in [0.2, 0.25) is 0 Å². The summed E-state index contributed by atoms with van der Waals surface area (Å²) in [6.07, 6.45) is 0. The van der Waals surface area contributed by atoms with Gasteiger partial charge >= 0.3 is 0 Å². The molecular formula is C135H99N3S3. The lowest BCUT2D eigenvalue weighted by molar-refractivity contribution is 0.660. The van der Waals surface area contributed by atoms with Gasteiger partial charge in [0.05, 0.1) is 5.69 Å². The van der Waals surface area contributed by atoms with Crippen molar-refractivity contribution in [1.29, 1.82) is 0 Å². The van der Waals surface area contributed by atoms with Crippen LogP contribution < -0.4 is 14.7 Å². The van der Waals surface area contributed by atoms with E-state index >= 15 is 0 Å². The molecule has 672 valence electrons. The van der Waals surface area contributed by atoms with E-state index in [9.17, 15) is 0 Å². The summed E-state index contributed by atoms with van der Waals surface area (Å²) in [7, 11) is 0. The normalized spacial score (nSPS) is 13.1. The summed E-state index contributed by atoms with van der Waals surface area (Å²) >= 11 is 5.59. The third-order valence-electron chi connectivity index (χ3n) is 29.7. The third kappa shape index (κ3) is 15.4. The van der Waals surface area contributed by atoms with Gasteiger partial charge in [-0.15, -0.1) is 34.0 Å². The van der Waals surface area contributed by atoms with E-state index in [0.717, 1.165) is 51.2 Å². The summed E-state index contributed by atoms with van der Waals surface area (Å²) in [5.41, 5.74) is 41.0. The van der Waals surface area contributed by atoms with E-state index in [4.69, 9.17) is 0 Å². The zero-order chi connectivity index (χ0) is 94.6. The predicted octanol–water partition coefficient (Wildman–Crippen LogP) is 39.5. The van der Waals surface area contributed by atoms with Crippen molar-refractivity contribution in [2.75, 3.05) is 14.7 Å². The molecule has 0 atom stereocenters. The van der Waals surface area contributed by atoms with Crippen LogP contribution in [0.4, 0.5) is 51.2 Å². The number of fused-ring (bicyclic) bond motifs is 18.